The highest BCUT2D eigenvalue weighted by Gasteiger charge is 2.46. The van der Waals surface area contributed by atoms with E-state index in [-0.39, 0.29) is 0 Å². The molecule has 0 aliphatic heterocycles. The van der Waals surface area contributed by atoms with Crippen molar-refractivity contribution in [2.24, 2.45) is 41.4 Å². The van der Waals surface area contributed by atoms with E-state index in [1.807, 2.05) is 0 Å². The van der Waals surface area contributed by atoms with Crippen molar-refractivity contribution in [2.75, 3.05) is 0 Å². The third kappa shape index (κ3) is 1.42. The van der Waals surface area contributed by atoms with Gasteiger partial charge in [-0.2, -0.15) is 0 Å². The molecule has 82 valence electrons. The lowest BCUT2D eigenvalue weighted by Crippen LogP contribution is -2.35. The summed E-state index contributed by atoms with van der Waals surface area (Å²) in [5, 5.41) is 0. The molecule has 0 saturated heterocycles. The molecule has 0 spiro atoms. The Morgan fingerprint density at radius 1 is 0.571 bits per heavy atom. The van der Waals surface area contributed by atoms with Crippen molar-refractivity contribution in [2.45, 2.75) is 47.5 Å². The average Bonchev–Trinajstić information content (AvgIpc) is 2.42. The summed E-state index contributed by atoms with van der Waals surface area (Å²) in [7, 11) is 0. The van der Waals surface area contributed by atoms with Crippen LogP contribution in [0.2, 0.25) is 0 Å². The van der Waals surface area contributed by atoms with Crippen LogP contribution in [-0.2, 0) is 0 Å². The second kappa shape index (κ2) is 3.54. The van der Waals surface area contributed by atoms with Crippen LogP contribution in [0.5, 0.6) is 0 Å². The van der Waals surface area contributed by atoms with Crippen LogP contribution in [0.1, 0.15) is 47.5 Å². The molecule has 0 amide bonds. The number of hydrogen-bond acceptors (Lipinski definition) is 0. The lowest BCUT2D eigenvalue weighted by atomic mass is 9.63. The molecule has 2 aliphatic carbocycles. The molecule has 0 N–H and O–H groups in total. The highest BCUT2D eigenvalue weighted by atomic mass is 14.5. The van der Waals surface area contributed by atoms with E-state index in [1.165, 1.54) is 12.8 Å². The molecular weight excluding hydrogens is 168 g/mol. The Morgan fingerprint density at radius 3 is 1.57 bits per heavy atom. The maximum absolute atomic E-state index is 2.50. The Balaban J connectivity index is 2.17. The topological polar surface area (TPSA) is 0 Å². The Kier molecular flexibility index (Phi) is 2.66. The van der Waals surface area contributed by atoms with E-state index in [2.05, 4.69) is 34.6 Å². The van der Waals surface area contributed by atoms with Gasteiger partial charge in [0.05, 0.1) is 0 Å². The molecule has 2 aliphatic rings. The largest absolute Gasteiger partial charge is 0.0622 e. The minimum Gasteiger partial charge on any atom is -0.0622 e. The molecule has 0 aromatic heterocycles. The van der Waals surface area contributed by atoms with Crippen molar-refractivity contribution in [3.05, 3.63) is 0 Å². The SMILES string of the molecule is CC1CC2C(C)C(C)CC2C(C)C1C. The molecule has 7 atom stereocenters. The molecule has 0 radical (unpaired) electrons. The van der Waals surface area contributed by atoms with Crippen LogP contribution in [0.25, 0.3) is 0 Å². The molecule has 0 heteroatoms. The molecule has 7 unspecified atom stereocenters. The lowest BCUT2D eigenvalue weighted by Gasteiger charge is -2.42. The molecule has 2 rings (SSSR count). The van der Waals surface area contributed by atoms with E-state index < -0.39 is 0 Å². The Morgan fingerprint density at radius 2 is 1.00 bits per heavy atom. The van der Waals surface area contributed by atoms with Crippen LogP contribution in [0.15, 0.2) is 0 Å². The zero-order valence-electron chi connectivity index (χ0n) is 10.5. The fraction of sp³-hybridized carbons (Fsp3) is 1.00. The van der Waals surface area contributed by atoms with Crippen molar-refractivity contribution in [1.82, 2.24) is 0 Å². The third-order valence-electron chi connectivity index (χ3n) is 5.81. The van der Waals surface area contributed by atoms with Gasteiger partial charge in [-0.3, -0.25) is 0 Å². The second-order valence-corrected chi connectivity index (χ2v) is 6.33. The highest BCUT2D eigenvalue weighted by Crippen LogP contribution is 2.54. The van der Waals surface area contributed by atoms with Gasteiger partial charge in [-0.15, -0.1) is 0 Å². The number of rotatable bonds is 0. The first-order valence-electron chi connectivity index (χ1n) is 6.52. The molecule has 0 bridgehead atoms. The highest BCUT2D eigenvalue weighted by molar-refractivity contribution is 4.95. The second-order valence-electron chi connectivity index (χ2n) is 6.33. The van der Waals surface area contributed by atoms with E-state index in [1.54, 1.807) is 0 Å². The van der Waals surface area contributed by atoms with Gasteiger partial charge in [-0.25, -0.2) is 0 Å². The van der Waals surface area contributed by atoms with Crippen molar-refractivity contribution >= 4 is 0 Å². The summed E-state index contributed by atoms with van der Waals surface area (Å²) in [5.74, 6) is 6.93. The van der Waals surface area contributed by atoms with Crippen molar-refractivity contribution < 1.29 is 0 Å². The monoisotopic (exact) mass is 194 g/mol. The zero-order valence-corrected chi connectivity index (χ0v) is 10.5. The fourth-order valence-corrected chi connectivity index (χ4v) is 4.18. The van der Waals surface area contributed by atoms with E-state index in [0.29, 0.717) is 0 Å². The summed E-state index contributed by atoms with van der Waals surface area (Å²) in [5.41, 5.74) is 0. The zero-order chi connectivity index (χ0) is 10.5. The lowest BCUT2D eigenvalue weighted by molar-refractivity contribution is 0.0701. The molecule has 14 heavy (non-hydrogen) atoms. The molecule has 0 aromatic carbocycles. The van der Waals surface area contributed by atoms with Crippen molar-refractivity contribution in [1.29, 1.82) is 0 Å². The Labute approximate surface area is 89.5 Å². The molecule has 0 nitrogen and oxygen atoms in total. The molecular formula is C14H26. The van der Waals surface area contributed by atoms with Gasteiger partial charge in [0.15, 0.2) is 0 Å². The van der Waals surface area contributed by atoms with Gasteiger partial charge in [-0.1, -0.05) is 34.6 Å². The van der Waals surface area contributed by atoms with Crippen LogP contribution in [0, 0.1) is 41.4 Å². The summed E-state index contributed by atoms with van der Waals surface area (Å²) in [4.78, 5) is 0. The van der Waals surface area contributed by atoms with E-state index in [4.69, 9.17) is 0 Å². The predicted octanol–water partition coefficient (Wildman–Crippen LogP) is 4.21. The van der Waals surface area contributed by atoms with Gasteiger partial charge in [-0.05, 0) is 54.3 Å². The van der Waals surface area contributed by atoms with Crippen molar-refractivity contribution in [3.8, 4) is 0 Å². The summed E-state index contributed by atoms with van der Waals surface area (Å²) in [6.07, 6.45) is 3.01. The first-order chi connectivity index (χ1) is 6.52. The minimum atomic E-state index is 0.953. The number of hydrogen-bond donors (Lipinski definition) is 0. The van der Waals surface area contributed by atoms with E-state index in [9.17, 15) is 0 Å². The van der Waals surface area contributed by atoms with Crippen molar-refractivity contribution in [3.63, 3.8) is 0 Å². The van der Waals surface area contributed by atoms with Crippen LogP contribution in [0.3, 0.4) is 0 Å². The Bertz CT molecular complexity index is 208. The van der Waals surface area contributed by atoms with Crippen LogP contribution >= 0.6 is 0 Å². The van der Waals surface area contributed by atoms with Crippen LogP contribution in [-0.4, -0.2) is 0 Å². The van der Waals surface area contributed by atoms with Gasteiger partial charge in [0.2, 0.25) is 0 Å². The minimum absolute atomic E-state index is 0.953. The van der Waals surface area contributed by atoms with Gasteiger partial charge in [0.25, 0.3) is 0 Å². The number of fused-ring (bicyclic) bond motifs is 1. The first kappa shape index (κ1) is 10.5. The average molecular weight is 194 g/mol. The predicted molar refractivity (Wildman–Crippen MR) is 62.0 cm³/mol. The van der Waals surface area contributed by atoms with E-state index >= 15 is 0 Å². The van der Waals surface area contributed by atoms with Crippen LogP contribution < -0.4 is 0 Å². The van der Waals surface area contributed by atoms with Gasteiger partial charge < -0.3 is 0 Å². The molecule has 0 heterocycles. The summed E-state index contributed by atoms with van der Waals surface area (Å²) in [6, 6.07) is 0. The maximum atomic E-state index is 2.50. The van der Waals surface area contributed by atoms with E-state index in [0.717, 1.165) is 41.4 Å². The summed E-state index contributed by atoms with van der Waals surface area (Å²) >= 11 is 0. The summed E-state index contributed by atoms with van der Waals surface area (Å²) in [6.45, 7) is 12.4. The normalized spacial score (nSPS) is 58.5. The van der Waals surface area contributed by atoms with Gasteiger partial charge in [0.1, 0.15) is 0 Å². The van der Waals surface area contributed by atoms with Gasteiger partial charge in [0, 0.05) is 0 Å². The first-order valence-corrected chi connectivity index (χ1v) is 6.52. The quantitative estimate of drug-likeness (QED) is 0.542. The molecule has 0 aromatic rings. The van der Waals surface area contributed by atoms with Crippen LogP contribution in [0.4, 0.5) is 0 Å². The maximum Gasteiger partial charge on any atom is -0.0352 e. The van der Waals surface area contributed by atoms with Gasteiger partial charge >= 0.3 is 0 Å². The molecule has 2 saturated carbocycles. The smallest absolute Gasteiger partial charge is 0.0352 e. The summed E-state index contributed by atoms with van der Waals surface area (Å²) < 4.78 is 0. The Hall–Kier alpha value is 0. The third-order valence-corrected chi connectivity index (χ3v) is 5.81. The standard InChI is InChI=1S/C14H26/c1-8-6-13-11(4)9(2)7-14(13)12(5)10(8)3/h8-14H,6-7H2,1-5H3. The fourth-order valence-electron chi connectivity index (χ4n) is 4.18. The molecule has 2 fully saturated rings.